The first-order valence-electron chi connectivity index (χ1n) is 8.27. The van der Waals surface area contributed by atoms with Crippen LogP contribution in [-0.4, -0.2) is 33.4 Å². The summed E-state index contributed by atoms with van der Waals surface area (Å²) in [6.45, 7) is 0.408. The van der Waals surface area contributed by atoms with Crippen molar-refractivity contribution < 1.29 is 9.52 Å². The third kappa shape index (κ3) is 3.23. The average molecular weight is 390 g/mol. The first-order chi connectivity index (χ1) is 12.5. The van der Waals surface area contributed by atoms with Gasteiger partial charge in [-0.3, -0.25) is 4.90 Å². The summed E-state index contributed by atoms with van der Waals surface area (Å²) in [6.07, 6.45) is -0.0677. The molecular formula is C19H17Cl2N3O2. The van der Waals surface area contributed by atoms with Crippen molar-refractivity contribution in [3.63, 3.8) is 0 Å². The van der Waals surface area contributed by atoms with E-state index < -0.39 is 6.10 Å². The Labute approximate surface area is 161 Å². The van der Waals surface area contributed by atoms with Crippen LogP contribution in [0.4, 0.5) is 0 Å². The summed E-state index contributed by atoms with van der Waals surface area (Å²) in [4.78, 5) is 1.98. The minimum atomic E-state index is -0.567. The van der Waals surface area contributed by atoms with Gasteiger partial charge in [-0.2, -0.15) is 0 Å². The minimum Gasteiger partial charge on any atom is -0.419 e. The molecule has 26 heavy (non-hydrogen) atoms. The van der Waals surface area contributed by atoms with Crippen molar-refractivity contribution in [2.24, 2.45) is 0 Å². The molecular weight excluding hydrogens is 373 g/mol. The Hall–Kier alpha value is -1.92. The molecule has 1 aliphatic rings. The minimum absolute atomic E-state index is 0.228. The monoisotopic (exact) mass is 389 g/mol. The Morgan fingerprint density at radius 3 is 2.73 bits per heavy atom. The van der Waals surface area contributed by atoms with Gasteiger partial charge in [-0.15, -0.1) is 10.2 Å². The van der Waals surface area contributed by atoms with Crippen LogP contribution in [0, 0.1) is 0 Å². The first kappa shape index (κ1) is 17.5. The number of fused-ring (bicyclic) bond motifs is 1. The molecule has 1 aromatic heterocycles. The molecule has 1 heterocycles. The number of rotatable bonds is 4. The van der Waals surface area contributed by atoms with Crippen molar-refractivity contribution in [1.29, 1.82) is 0 Å². The van der Waals surface area contributed by atoms with Gasteiger partial charge in [0.05, 0.1) is 18.7 Å². The fourth-order valence-electron chi connectivity index (χ4n) is 3.49. The molecule has 3 aromatic rings. The van der Waals surface area contributed by atoms with Gasteiger partial charge in [0, 0.05) is 22.0 Å². The number of halogens is 2. The number of aliphatic hydroxyl groups is 1. The van der Waals surface area contributed by atoms with E-state index in [-0.39, 0.29) is 6.04 Å². The molecule has 2 atom stereocenters. The number of aromatic nitrogens is 2. The van der Waals surface area contributed by atoms with Crippen LogP contribution in [0.2, 0.25) is 10.0 Å². The van der Waals surface area contributed by atoms with E-state index in [1.807, 2.05) is 48.3 Å². The van der Waals surface area contributed by atoms with E-state index in [2.05, 4.69) is 10.2 Å². The average Bonchev–Trinajstić information content (AvgIpc) is 3.20. The predicted molar refractivity (Wildman–Crippen MR) is 100 cm³/mol. The highest BCUT2D eigenvalue weighted by molar-refractivity contribution is 6.35. The zero-order valence-corrected chi connectivity index (χ0v) is 15.6. The molecule has 4 rings (SSSR count). The summed E-state index contributed by atoms with van der Waals surface area (Å²) in [6, 6.07) is 13.0. The van der Waals surface area contributed by atoms with E-state index in [4.69, 9.17) is 27.6 Å². The lowest BCUT2D eigenvalue weighted by Crippen LogP contribution is -2.30. The Kier molecular flexibility index (Phi) is 4.71. The summed E-state index contributed by atoms with van der Waals surface area (Å²) in [7, 11) is 1.91. The Balaban J connectivity index is 1.56. The second kappa shape index (κ2) is 7.00. The van der Waals surface area contributed by atoms with Gasteiger partial charge < -0.3 is 9.52 Å². The summed E-state index contributed by atoms with van der Waals surface area (Å²) in [5, 5.41) is 19.9. The normalized spacial score (nSPS) is 19.1. The lowest BCUT2D eigenvalue weighted by atomic mass is 10.1. The Morgan fingerprint density at radius 2 is 1.96 bits per heavy atom. The molecule has 0 saturated carbocycles. The molecule has 1 aliphatic carbocycles. The number of benzene rings is 2. The molecule has 7 heteroatoms. The lowest BCUT2D eigenvalue weighted by Gasteiger charge is -2.26. The summed E-state index contributed by atoms with van der Waals surface area (Å²) >= 11 is 12.4. The third-order valence-electron chi connectivity index (χ3n) is 4.64. The molecule has 0 bridgehead atoms. The fraction of sp³-hybridized carbons (Fsp3) is 0.263. The second-order valence-corrected chi connectivity index (χ2v) is 7.30. The van der Waals surface area contributed by atoms with Gasteiger partial charge in [0.2, 0.25) is 11.8 Å². The number of hydrogen-bond acceptors (Lipinski definition) is 5. The van der Waals surface area contributed by atoms with Crippen LogP contribution >= 0.6 is 23.2 Å². The molecule has 2 aromatic carbocycles. The number of nitrogens with zero attached hydrogens (tertiary/aromatic N) is 3. The highest BCUT2D eigenvalue weighted by Crippen LogP contribution is 2.41. The van der Waals surface area contributed by atoms with E-state index in [1.54, 1.807) is 6.07 Å². The summed E-state index contributed by atoms with van der Waals surface area (Å²) in [5.74, 6) is 0.965. The van der Waals surface area contributed by atoms with Gasteiger partial charge in [-0.05, 0) is 42.4 Å². The van der Waals surface area contributed by atoms with Gasteiger partial charge in [0.25, 0.3) is 0 Å². The third-order valence-corrected chi connectivity index (χ3v) is 5.19. The molecule has 0 radical (unpaired) electrons. The van der Waals surface area contributed by atoms with Gasteiger partial charge >= 0.3 is 0 Å². The molecule has 0 fully saturated rings. The fourth-order valence-corrected chi connectivity index (χ4v) is 4.07. The number of hydrogen-bond donors (Lipinski definition) is 1. The van der Waals surface area contributed by atoms with Crippen molar-refractivity contribution >= 4 is 23.2 Å². The van der Waals surface area contributed by atoms with E-state index in [0.717, 1.165) is 16.7 Å². The highest BCUT2D eigenvalue weighted by Gasteiger charge is 2.36. The second-order valence-electron chi connectivity index (χ2n) is 6.45. The van der Waals surface area contributed by atoms with Crippen molar-refractivity contribution in [2.45, 2.75) is 25.1 Å². The Morgan fingerprint density at radius 1 is 1.19 bits per heavy atom. The first-order valence-corrected chi connectivity index (χ1v) is 9.02. The maximum Gasteiger partial charge on any atom is 0.247 e. The van der Waals surface area contributed by atoms with E-state index >= 15 is 0 Å². The SMILES string of the molecule is CN(Cc1nnc(-c2ccccc2)o1)[C@@H]1c2cc(Cl)cc(Cl)c2C[C@H]1O. The van der Waals surface area contributed by atoms with Gasteiger partial charge in [-0.1, -0.05) is 41.4 Å². The molecule has 0 amide bonds. The van der Waals surface area contributed by atoms with Crippen LogP contribution in [-0.2, 0) is 13.0 Å². The molecule has 0 aliphatic heterocycles. The number of likely N-dealkylation sites (N-methyl/N-ethyl adjacent to an activating group) is 1. The maximum atomic E-state index is 10.5. The van der Waals surface area contributed by atoms with E-state index in [1.165, 1.54) is 0 Å². The van der Waals surface area contributed by atoms with Crippen LogP contribution in [0.25, 0.3) is 11.5 Å². The molecule has 1 N–H and O–H groups in total. The van der Waals surface area contributed by atoms with Crippen LogP contribution in [0.5, 0.6) is 0 Å². The summed E-state index contributed by atoms with van der Waals surface area (Å²) < 4.78 is 5.77. The zero-order chi connectivity index (χ0) is 18.3. The van der Waals surface area contributed by atoms with E-state index in [0.29, 0.717) is 34.8 Å². The molecule has 134 valence electrons. The molecule has 5 nitrogen and oxygen atoms in total. The van der Waals surface area contributed by atoms with Gasteiger partial charge in [0.15, 0.2) is 0 Å². The molecule has 0 saturated heterocycles. The highest BCUT2D eigenvalue weighted by atomic mass is 35.5. The smallest absolute Gasteiger partial charge is 0.247 e. The van der Waals surface area contributed by atoms with Crippen molar-refractivity contribution in [3.8, 4) is 11.5 Å². The molecule has 0 unspecified atom stereocenters. The van der Waals surface area contributed by atoms with Gasteiger partial charge in [0.1, 0.15) is 0 Å². The van der Waals surface area contributed by atoms with Crippen molar-refractivity contribution in [3.05, 3.63) is 69.5 Å². The molecule has 0 spiro atoms. The van der Waals surface area contributed by atoms with Crippen molar-refractivity contribution in [2.75, 3.05) is 7.05 Å². The predicted octanol–water partition coefficient (Wildman–Crippen LogP) is 4.13. The van der Waals surface area contributed by atoms with Crippen molar-refractivity contribution in [1.82, 2.24) is 15.1 Å². The van der Waals surface area contributed by atoms with Gasteiger partial charge in [-0.25, -0.2) is 0 Å². The Bertz CT molecular complexity index is 930. The van der Waals surface area contributed by atoms with Crippen LogP contribution in [0.3, 0.4) is 0 Å². The quantitative estimate of drug-likeness (QED) is 0.726. The lowest BCUT2D eigenvalue weighted by molar-refractivity contribution is 0.0680. The van der Waals surface area contributed by atoms with Crippen LogP contribution in [0.1, 0.15) is 23.1 Å². The van der Waals surface area contributed by atoms with Crippen LogP contribution < -0.4 is 0 Å². The summed E-state index contributed by atoms with van der Waals surface area (Å²) in [5.41, 5.74) is 2.76. The zero-order valence-electron chi connectivity index (χ0n) is 14.1. The maximum absolute atomic E-state index is 10.5. The standard InChI is InChI=1S/C19H17Cl2N3O2/c1-24(10-17-22-23-19(26-17)11-5-3-2-4-6-11)18-14-7-12(20)8-15(21)13(14)9-16(18)25/h2-8,16,18,25H,9-10H2,1H3/t16-,18-/m1/s1. The topological polar surface area (TPSA) is 62.4 Å². The van der Waals surface area contributed by atoms with E-state index in [9.17, 15) is 5.11 Å². The van der Waals surface area contributed by atoms with Crippen LogP contribution in [0.15, 0.2) is 46.9 Å². The largest absolute Gasteiger partial charge is 0.419 e. The number of aliphatic hydroxyl groups excluding tert-OH is 1.